The highest BCUT2D eigenvalue weighted by molar-refractivity contribution is 5.90. The Bertz CT molecular complexity index is 1500. The van der Waals surface area contributed by atoms with Gasteiger partial charge in [-0.05, 0) is 42.5 Å². The summed E-state index contributed by atoms with van der Waals surface area (Å²) < 4.78 is 45.8. The van der Waals surface area contributed by atoms with Crippen LogP contribution in [-0.4, -0.2) is 47.1 Å². The number of rotatable bonds is 3. The van der Waals surface area contributed by atoms with E-state index in [1.165, 1.54) is 12.1 Å². The van der Waals surface area contributed by atoms with Crippen molar-refractivity contribution < 1.29 is 22.4 Å². The van der Waals surface area contributed by atoms with Gasteiger partial charge in [0.15, 0.2) is 0 Å². The molecule has 1 N–H and O–H groups in total. The maximum Gasteiger partial charge on any atom is 0.416 e. The van der Waals surface area contributed by atoms with Crippen LogP contribution in [-0.2, 0) is 12.6 Å². The Kier molecular flexibility index (Phi) is 4.69. The molecule has 5 heterocycles. The largest absolute Gasteiger partial charge is 0.416 e. The van der Waals surface area contributed by atoms with Crippen molar-refractivity contribution in [3.63, 3.8) is 0 Å². The Morgan fingerprint density at radius 1 is 1.11 bits per heavy atom. The van der Waals surface area contributed by atoms with Crippen LogP contribution in [0.2, 0.25) is 0 Å². The van der Waals surface area contributed by atoms with Gasteiger partial charge in [-0.25, -0.2) is 9.50 Å². The molecule has 5 aromatic rings. The van der Waals surface area contributed by atoms with Crippen LogP contribution >= 0.6 is 0 Å². The van der Waals surface area contributed by atoms with Crippen LogP contribution in [0.5, 0.6) is 0 Å². The van der Waals surface area contributed by atoms with E-state index in [1.807, 2.05) is 30.5 Å². The summed E-state index contributed by atoms with van der Waals surface area (Å²) >= 11 is 0. The molecule has 4 aromatic heterocycles. The molecule has 0 radical (unpaired) electrons. The lowest BCUT2D eigenvalue weighted by atomic mass is 9.99. The van der Waals surface area contributed by atoms with Gasteiger partial charge in [-0.2, -0.15) is 18.3 Å². The molecular weight excluding hydrogens is 463 g/mol. The summed E-state index contributed by atoms with van der Waals surface area (Å²) in [5, 5.41) is 12.4. The molecule has 1 aliphatic rings. The van der Waals surface area contributed by atoms with Gasteiger partial charge < -0.3 is 14.3 Å². The fourth-order valence-corrected chi connectivity index (χ4v) is 4.24. The van der Waals surface area contributed by atoms with E-state index in [0.717, 1.165) is 23.3 Å². The first kappa shape index (κ1) is 21.1. The molecule has 176 valence electrons. The number of H-pyrrole nitrogens is 1. The molecule has 0 saturated carbocycles. The molecule has 12 heteroatoms. The van der Waals surface area contributed by atoms with E-state index < -0.39 is 23.7 Å². The van der Waals surface area contributed by atoms with Crippen molar-refractivity contribution in [3.8, 4) is 11.5 Å². The van der Waals surface area contributed by atoms with Crippen LogP contribution in [0.4, 0.5) is 13.2 Å². The van der Waals surface area contributed by atoms with Crippen LogP contribution in [0.3, 0.4) is 0 Å². The molecule has 0 unspecified atom stereocenters. The first-order chi connectivity index (χ1) is 16.9. The Balaban J connectivity index is 1.34. The number of benzene rings is 1. The lowest BCUT2D eigenvalue weighted by molar-refractivity contribution is -0.137. The Hall–Kier alpha value is -4.48. The van der Waals surface area contributed by atoms with Gasteiger partial charge in [0.2, 0.25) is 5.89 Å². The molecule has 0 fully saturated rings. The van der Waals surface area contributed by atoms with Crippen LogP contribution in [0.25, 0.3) is 17.0 Å². The Labute approximate surface area is 195 Å². The van der Waals surface area contributed by atoms with Crippen LogP contribution in [0.15, 0.2) is 65.5 Å². The molecule has 0 bridgehead atoms. The second-order valence-corrected chi connectivity index (χ2v) is 8.04. The third kappa shape index (κ3) is 3.63. The van der Waals surface area contributed by atoms with E-state index in [4.69, 9.17) is 4.42 Å². The second-order valence-electron chi connectivity index (χ2n) is 8.04. The summed E-state index contributed by atoms with van der Waals surface area (Å²) in [5.41, 5.74) is 2.55. The number of carbonyl (C=O) groups is 1. The molecular formula is C23H16F3N7O2. The normalized spacial score (nSPS) is 16.0. The van der Waals surface area contributed by atoms with Crippen molar-refractivity contribution in [2.75, 3.05) is 6.54 Å². The van der Waals surface area contributed by atoms with Gasteiger partial charge in [-0.15, -0.1) is 10.2 Å². The number of pyridine rings is 1. The zero-order chi connectivity index (χ0) is 24.2. The van der Waals surface area contributed by atoms with E-state index in [0.29, 0.717) is 24.4 Å². The third-order valence-electron chi connectivity index (χ3n) is 5.92. The number of hydrogen-bond donors (Lipinski definition) is 1. The molecule has 6 rings (SSSR count). The predicted octanol–water partition coefficient (Wildman–Crippen LogP) is 3.91. The summed E-state index contributed by atoms with van der Waals surface area (Å²) in [6, 6.07) is 11.2. The monoisotopic (exact) mass is 479 g/mol. The molecule has 1 amide bonds. The van der Waals surface area contributed by atoms with Crippen molar-refractivity contribution in [1.82, 2.24) is 34.7 Å². The second kappa shape index (κ2) is 7.79. The first-order valence-corrected chi connectivity index (χ1v) is 10.7. The van der Waals surface area contributed by atoms with Gasteiger partial charge in [0.25, 0.3) is 0 Å². The topological polar surface area (TPSA) is 105 Å². The summed E-state index contributed by atoms with van der Waals surface area (Å²) in [6.07, 6.45) is -0.518. The van der Waals surface area contributed by atoms with Crippen LogP contribution in [0.1, 0.15) is 39.4 Å². The molecule has 35 heavy (non-hydrogen) atoms. The van der Waals surface area contributed by atoms with E-state index in [-0.39, 0.29) is 17.3 Å². The number of aromatic amines is 1. The number of carbonyl (C=O) groups excluding carboxylic acids is 1. The number of aromatic nitrogens is 6. The minimum Gasteiger partial charge on any atom is -0.412 e. The minimum atomic E-state index is -4.46. The fourth-order valence-electron chi connectivity index (χ4n) is 4.24. The number of hydrogen-bond acceptors (Lipinski definition) is 6. The molecule has 0 spiro atoms. The zero-order valence-corrected chi connectivity index (χ0v) is 17.9. The maximum atomic E-state index is 13.5. The Morgan fingerprint density at radius 3 is 2.71 bits per heavy atom. The van der Waals surface area contributed by atoms with Crippen LogP contribution in [0, 0.1) is 0 Å². The number of alkyl halides is 3. The number of halogens is 3. The predicted molar refractivity (Wildman–Crippen MR) is 115 cm³/mol. The molecule has 1 aliphatic heterocycles. The van der Waals surface area contributed by atoms with E-state index in [1.54, 1.807) is 15.7 Å². The Morgan fingerprint density at radius 2 is 1.94 bits per heavy atom. The van der Waals surface area contributed by atoms with Crippen molar-refractivity contribution in [3.05, 3.63) is 89.6 Å². The molecule has 1 atom stereocenters. The van der Waals surface area contributed by atoms with Gasteiger partial charge in [-0.1, -0.05) is 6.07 Å². The van der Waals surface area contributed by atoms with Gasteiger partial charge in [-0.3, -0.25) is 4.79 Å². The van der Waals surface area contributed by atoms with Gasteiger partial charge in [0.1, 0.15) is 6.04 Å². The average molecular weight is 479 g/mol. The molecule has 0 saturated heterocycles. The van der Waals surface area contributed by atoms with Gasteiger partial charge >= 0.3 is 18.0 Å². The summed E-state index contributed by atoms with van der Waals surface area (Å²) in [4.78, 5) is 22.6. The van der Waals surface area contributed by atoms with Crippen molar-refractivity contribution in [1.29, 1.82) is 0 Å². The highest BCUT2D eigenvalue weighted by Gasteiger charge is 2.38. The molecule has 9 nitrogen and oxygen atoms in total. The maximum absolute atomic E-state index is 13.5. The fraction of sp³-hybridized carbons (Fsp3) is 0.174. The average Bonchev–Trinajstić information content (AvgIpc) is 3.61. The molecule has 1 aromatic carbocycles. The number of nitrogens with one attached hydrogen (secondary N) is 1. The third-order valence-corrected chi connectivity index (χ3v) is 5.92. The molecule has 0 aliphatic carbocycles. The van der Waals surface area contributed by atoms with Gasteiger partial charge in [0, 0.05) is 30.4 Å². The summed E-state index contributed by atoms with van der Waals surface area (Å²) in [7, 11) is 0. The highest BCUT2D eigenvalue weighted by Crippen LogP contribution is 2.35. The summed E-state index contributed by atoms with van der Waals surface area (Å²) in [5.74, 6) is -0.845. The highest BCUT2D eigenvalue weighted by atomic mass is 19.4. The van der Waals surface area contributed by atoms with E-state index in [9.17, 15) is 18.0 Å². The minimum absolute atomic E-state index is 0.0520. The first-order valence-electron chi connectivity index (χ1n) is 10.7. The number of fused-ring (bicyclic) bond motifs is 2. The van der Waals surface area contributed by atoms with E-state index in [2.05, 4.69) is 25.3 Å². The van der Waals surface area contributed by atoms with Crippen LogP contribution < -0.4 is 0 Å². The van der Waals surface area contributed by atoms with Gasteiger partial charge in [0.05, 0.1) is 28.8 Å². The van der Waals surface area contributed by atoms with Crippen molar-refractivity contribution in [2.45, 2.75) is 18.6 Å². The lowest BCUT2D eigenvalue weighted by Crippen LogP contribution is -2.41. The number of amides is 1. The van der Waals surface area contributed by atoms with Crippen molar-refractivity contribution >= 4 is 11.4 Å². The number of imidazole rings is 1. The van der Waals surface area contributed by atoms with E-state index >= 15 is 0 Å². The summed E-state index contributed by atoms with van der Waals surface area (Å²) in [6.45, 7) is 0.352. The smallest absolute Gasteiger partial charge is 0.412 e. The standard InChI is InChI=1S/C23H16F3N7O2/c24-23(25,26)14-6-4-13(5-7-14)20-29-30-21(35-20)22(34)32-10-8-16-18(28-12-27-16)19(32)17-11-15-3-1-2-9-33(15)31-17/h1-7,9,11-12,19H,8,10H2,(H,27,28)/t19-/m0/s1. The lowest BCUT2D eigenvalue weighted by Gasteiger charge is -2.32. The number of nitrogens with zero attached hydrogens (tertiary/aromatic N) is 6. The van der Waals surface area contributed by atoms with Crippen molar-refractivity contribution in [2.24, 2.45) is 0 Å². The zero-order valence-electron chi connectivity index (χ0n) is 17.9. The quantitative estimate of drug-likeness (QED) is 0.421. The SMILES string of the molecule is O=C(c1nnc(-c2ccc(C(F)(F)F)cc2)o1)N1CCc2[nH]cnc2[C@@H]1c1cc2ccccn2n1.